The van der Waals surface area contributed by atoms with E-state index >= 15 is 0 Å². The number of carbonyl (C=O) groups is 2. The standard InChI is InChI=1S/C20H26N2O4.HI/c1-12-16(19(23)25-6)18(17(13(2)21-12)20(24)26-7)14-8-10-15(11-9-14)22(3,4)5;/h8-11,18H,1-7H3;1H. The van der Waals surface area contributed by atoms with Gasteiger partial charge in [-0.15, -0.1) is 0 Å². The van der Waals surface area contributed by atoms with Gasteiger partial charge in [0.25, 0.3) is 0 Å². The van der Waals surface area contributed by atoms with Crippen molar-refractivity contribution in [2.75, 3.05) is 35.4 Å². The minimum Gasteiger partial charge on any atom is -1.00 e. The van der Waals surface area contributed by atoms with Gasteiger partial charge in [0.2, 0.25) is 0 Å². The van der Waals surface area contributed by atoms with Gasteiger partial charge in [0.05, 0.1) is 52.4 Å². The van der Waals surface area contributed by atoms with Gasteiger partial charge in [0.1, 0.15) is 5.69 Å². The highest BCUT2D eigenvalue weighted by Crippen LogP contribution is 2.39. The molecule has 148 valence electrons. The third-order valence-corrected chi connectivity index (χ3v) is 4.57. The molecule has 1 aromatic carbocycles. The summed E-state index contributed by atoms with van der Waals surface area (Å²) in [6.45, 7) is 3.61. The Morgan fingerprint density at radius 2 is 1.30 bits per heavy atom. The fraction of sp³-hybridized carbons (Fsp3) is 0.400. The first-order valence-electron chi connectivity index (χ1n) is 8.39. The SMILES string of the molecule is COC(=O)C1=C(C)NC(C)=C(C(=O)OC)C1c1ccc([N+](C)(C)C)cc1.[I-]. The lowest BCUT2D eigenvalue weighted by atomic mass is 9.80. The first kappa shape index (κ1) is 23.2. The maximum atomic E-state index is 12.5. The Labute approximate surface area is 177 Å². The molecule has 0 unspecified atom stereocenters. The van der Waals surface area contributed by atoms with E-state index in [9.17, 15) is 9.59 Å². The summed E-state index contributed by atoms with van der Waals surface area (Å²) in [6, 6.07) is 7.90. The molecule has 0 aromatic heterocycles. The van der Waals surface area contributed by atoms with Crippen molar-refractivity contribution >= 4 is 17.6 Å². The number of nitrogens with one attached hydrogen (secondary N) is 1. The molecule has 0 saturated heterocycles. The summed E-state index contributed by atoms with van der Waals surface area (Å²) in [6.07, 6.45) is 0. The van der Waals surface area contributed by atoms with E-state index in [0.717, 1.165) is 11.3 Å². The third-order valence-electron chi connectivity index (χ3n) is 4.57. The number of methoxy groups -OCH3 is 2. The second-order valence-electron chi connectivity index (χ2n) is 7.22. The van der Waals surface area contributed by atoms with Gasteiger partial charge in [-0.05, 0) is 31.5 Å². The Bertz CT molecular complexity index is 751. The fourth-order valence-electron chi connectivity index (χ4n) is 3.20. The van der Waals surface area contributed by atoms with E-state index in [1.165, 1.54) is 14.2 Å². The smallest absolute Gasteiger partial charge is 0.336 e. The zero-order valence-corrected chi connectivity index (χ0v) is 19.0. The normalized spacial score (nSPS) is 15.1. The summed E-state index contributed by atoms with van der Waals surface area (Å²) in [5, 5.41) is 3.10. The van der Waals surface area contributed by atoms with Gasteiger partial charge in [-0.1, -0.05) is 12.1 Å². The molecule has 1 aromatic rings. The van der Waals surface area contributed by atoms with Crippen LogP contribution in [0.2, 0.25) is 0 Å². The number of carbonyl (C=O) groups excluding carboxylic acids is 2. The van der Waals surface area contributed by atoms with Gasteiger partial charge in [0, 0.05) is 11.4 Å². The lowest BCUT2D eigenvalue weighted by molar-refractivity contribution is -0.137. The number of esters is 2. The predicted molar refractivity (Wildman–Crippen MR) is 101 cm³/mol. The van der Waals surface area contributed by atoms with Gasteiger partial charge in [-0.25, -0.2) is 9.59 Å². The lowest BCUT2D eigenvalue weighted by Gasteiger charge is -2.30. The number of allylic oxidation sites excluding steroid dienone is 2. The molecule has 6 nitrogen and oxygen atoms in total. The fourth-order valence-corrected chi connectivity index (χ4v) is 3.20. The summed E-state index contributed by atoms with van der Waals surface area (Å²) in [7, 11) is 8.90. The van der Waals surface area contributed by atoms with Crippen molar-refractivity contribution in [1.29, 1.82) is 0 Å². The van der Waals surface area contributed by atoms with Crippen molar-refractivity contribution in [3.8, 4) is 0 Å². The number of halogens is 1. The van der Waals surface area contributed by atoms with E-state index in [2.05, 4.69) is 26.5 Å². The molecule has 0 atom stereocenters. The maximum absolute atomic E-state index is 12.5. The molecular formula is C20H27IN2O4. The second-order valence-corrected chi connectivity index (χ2v) is 7.22. The second kappa shape index (κ2) is 8.88. The van der Waals surface area contributed by atoms with Gasteiger partial charge in [-0.2, -0.15) is 0 Å². The molecule has 0 radical (unpaired) electrons. The minimum absolute atomic E-state index is 0. The van der Waals surface area contributed by atoms with Crippen LogP contribution in [-0.2, 0) is 19.1 Å². The van der Waals surface area contributed by atoms with Crippen molar-refractivity contribution in [3.05, 3.63) is 52.4 Å². The number of rotatable bonds is 4. The Morgan fingerprint density at radius 1 is 0.889 bits per heavy atom. The monoisotopic (exact) mass is 486 g/mol. The summed E-state index contributed by atoms with van der Waals surface area (Å²) < 4.78 is 10.6. The first-order valence-corrected chi connectivity index (χ1v) is 8.39. The number of dihydropyridines is 1. The van der Waals surface area contributed by atoms with Gasteiger partial charge >= 0.3 is 11.9 Å². The van der Waals surface area contributed by atoms with Crippen LogP contribution in [0.15, 0.2) is 46.8 Å². The van der Waals surface area contributed by atoms with Crippen LogP contribution in [-0.4, -0.2) is 47.3 Å². The zero-order chi connectivity index (χ0) is 19.6. The van der Waals surface area contributed by atoms with Gasteiger partial charge in [-0.3, -0.25) is 4.48 Å². The Kier molecular flexibility index (Phi) is 7.62. The molecule has 27 heavy (non-hydrogen) atoms. The molecular weight excluding hydrogens is 459 g/mol. The number of hydrogen-bond acceptors (Lipinski definition) is 5. The number of nitrogens with zero attached hydrogens (tertiary/aromatic N) is 1. The topological polar surface area (TPSA) is 64.6 Å². The highest BCUT2D eigenvalue weighted by Gasteiger charge is 2.37. The molecule has 0 spiro atoms. The molecule has 0 fully saturated rings. The van der Waals surface area contributed by atoms with E-state index in [1.54, 1.807) is 13.8 Å². The Balaban J connectivity index is 0.00000364. The molecule has 0 saturated carbocycles. The van der Waals surface area contributed by atoms with E-state index in [0.29, 0.717) is 27.0 Å². The molecule has 1 heterocycles. The van der Waals surface area contributed by atoms with Crippen LogP contribution in [0, 0.1) is 0 Å². The van der Waals surface area contributed by atoms with Crippen LogP contribution < -0.4 is 33.8 Å². The summed E-state index contributed by atoms with van der Waals surface area (Å²) in [5.41, 5.74) is 4.12. The lowest BCUT2D eigenvalue weighted by Crippen LogP contribution is -3.00. The minimum atomic E-state index is -0.544. The van der Waals surface area contributed by atoms with Crippen LogP contribution in [0.3, 0.4) is 0 Å². The Morgan fingerprint density at radius 3 is 1.63 bits per heavy atom. The van der Waals surface area contributed by atoms with Gasteiger partial charge in [0.15, 0.2) is 0 Å². The van der Waals surface area contributed by atoms with Crippen molar-refractivity contribution in [1.82, 2.24) is 9.80 Å². The van der Waals surface area contributed by atoms with Crippen LogP contribution in [0.4, 0.5) is 5.69 Å². The first-order chi connectivity index (χ1) is 12.1. The molecule has 1 aliphatic rings. The van der Waals surface area contributed by atoms with Crippen molar-refractivity contribution in [2.24, 2.45) is 0 Å². The highest BCUT2D eigenvalue weighted by atomic mass is 127. The molecule has 2 rings (SSSR count). The van der Waals surface area contributed by atoms with Gasteiger partial charge < -0.3 is 38.8 Å². The van der Waals surface area contributed by atoms with E-state index < -0.39 is 17.9 Å². The van der Waals surface area contributed by atoms with Crippen LogP contribution in [0.1, 0.15) is 25.3 Å². The van der Waals surface area contributed by atoms with Crippen LogP contribution in [0.25, 0.3) is 0 Å². The molecule has 7 heteroatoms. The summed E-state index contributed by atoms with van der Waals surface area (Å²) >= 11 is 0. The van der Waals surface area contributed by atoms with E-state index in [1.807, 2.05) is 24.3 Å². The van der Waals surface area contributed by atoms with Crippen molar-refractivity contribution in [3.63, 3.8) is 0 Å². The largest absolute Gasteiger partial charge is 1.00 e. The number of hydrogen-bond donors (Lipinski definition) is 1. The van der Waals surface area contributed by atoms with E-state index in [4.69, 9.17) is 9.47 Å². The van der Waals surface area contributed by atoms with Crippen molar-refractivity contribution < 1.29 is 43.0 Å². The number of benzene rings is 1. The highest BCUT2D eigenvalue weighted by molar-refractivity contribution is 5.99. The predicted octanol–water partition coefficient (Wildman–Crippen LogP) is -0.532. The molecule has 0 bridgehead atoms. The number of ether oxygens (including phenoxy) is 2. The molecule has 1 aliphatic heterocycles. The summed E-state index contributed by atoms with van der Waals surface area (Å²) in [5.74, 6) is -1.48. The zero-order valence-electron chi connectivity index (χ0n) is 16.8. The third kappa shape index (κ3) is 4.70. The number of quaternary nitrogens is 1. The van der Waals surface area contributed by atoms with Crippen LogP contribution in [0.5, 0.6) is 0 Å². The quantitative estimate of drug-likeness (QED) is 0.352. The Hall–Kier alpha value is -1.87. The molecule has 0 amide bonds. The molecule has 0 aliphatic carbocycles. The van der Waals surface area contributed by atoms with Crippen LogP contribution >= 0.6 is 0 Å². The average Bonchev–Trinajstić information content (AvgIpc) is 2.59. The molecule has 1 N–H and O–H groups in total. The maximum Gasteiger partial charge on any atom is 0.336 e. The average molecular weight is 486 g/mol. The van der Waals surface area contributed by atoms with Crippen molar-refractivity contribution in [2.45, 2.75) is 19.8 Å². The summed E-state index contributed by atoms with van der Waals surface area (Å²) in [4.78, 5) is 24.9. The van der Waals surface area contributed by atoms with E-state index in [-0.39, 0.29) is 24.0 Å².